The van der Waals surface area contributed by atoms with E-state index in [1.54, 1.807) is 0 Å². The minimum absolute atomic E-state index is 0.0484. The van der Waals surface area contributed by atoms with Crippen molar-refractivity contribution in [3.05, 3.63) is 102 Å². The first-order chi connectivity index (χ1) is 16.5. The molecule has 0 fully saturated rings. The maximum Gasteiger partial charge on any atom is 0.376 e. The van der Waals surface area contributed by atoms with E-state index in [4.69, 9.17) is 14.9 Å². The highest BCUT2D eigenvalue weighted by Gasteiger charge is 2.30. The summed E-state index contributed by atoms with van der Waals surface area (Å²) >= 11 is 0. The van der Waals surface area contributed by atoms with E-state index >= 15 is 4.39 Å². The van der Waals surface area contributed by atoms with Crippen LogP contribution in [0.4, 0.5) is 10.1 Å². The van der Waals surface area contributed by atoms with Crippen molar-refractivity contribution >= 4 is 22.6 Å². The zero-order valence-corrected chi connectivity index (χ0v) is 18.8. The third kappa shape index (κ3) is 3.42. The van der Waals surface area contributed by atoms with Crippen molar-refractivity contribution in [3.63, 3.8) is 0 Å². The number of carbonyl (C=O) groups excluding carboxylic acids is 1. The Labute approximate surface area is 196 Å². The second-order valence-corrected chi connectivity index (χ2v) is 8.08. The number of rotatable bonds is 4. The van der Waals surface area contributed by atoms with E-state index in [-0.39, 0.29) is 17.0 Å². The lowest BCUT2D eigenvalue weighted by Gasteiger charge is -2.19. The summed E-state index contributed by atoms with van der Waals surface area (Å²) in [6.07, 6.45) is 0. The first-order valence-electron chi connectivity index (χ1n) is 10.8. The molecule has 0 spiro atoms. The molecule has 5 rings (SSSR count). The predicted molar refractivity (Wildman–Crippen MR) is 133 cm³/mol. The molecular weight excluding hydrogens is 429 g/mol. The van der Waals surface area contributed by atoms with Crippen LogP contribution < -0.4 is 5.73 Å². The number of halogens is 1. The van der Waals surface area contributed by atoms with Crippen molar-refractivity contribution in [3.8, 4) is 33.4 Å². The summed E-state index contributed by atoms with van der Waals surface area (Å²) in [4.78, 5) is 12.4. The number of nitrogens with two attached hydrogens (primary N) is 1. The van der Waals surface area contributed by atoms with Gasteiger partial charge >= 0.3 is 5.97 Å². The van der Waals surface area contributed by atoms with Gasteiger partial charge in [0.2, 0.25) is 5.76 Å². The second kappa shape index (κ2) is 8.52. The summed E-state index contributed by atoms with van der Waals surface area (Å²) in [5, 5.41) is 0.346. The SMILES string of the molecule is COC(=O)c1oc2c(F)c(-c3ccc(C)cc3)c(-c3ccccc3)c(-c3ccccc3)c2c1N. The zero-order chi connectivity index (χ0) is 23.8. The van der Waals surface area contributed by atoms with E-state index in [1.807, 2.05) is 91.9 Å². The van der Waals surface area contributed by atoms with E-state index in [2.05, 4.69) is 0 Å². The molecule has 4 nitrogen and oxygen atoms in total. The van der Waals surface area contributed by atoms with Crippen molar-refractivity contribution in [2.75, 3.05) is 12.8 Å². The molecule has 0 unspecified atom stereocenters. The molecule has 34 heavy (non-hydrogen) atoms. The normalized spacial score (nSPS) is 11.0. The fourth-order valence-corrected chi connectivity index (χ4v) is 4.34. The molecule has 1 heterocycles. The average Bonchev–Trinajstić information content (AvgIpc) is 3.22. The molecule has 0 saturated heterocycles. The molecule has 0 aliphatic heterocycles. The summed E-state index contributed by atoms with van der Waals surface area (Å²) in [7, 11) is 1.23. The molecule has 0 bridgehead atoms. The van der Waals surface area contributed by atoms with Crippen LogP contribution in [0.1, 0.15) is 16.1 Å². The van der Waals surface area contributed by atoms with Gasteiger partial charge in [-0.05, 0) is 23.6 Å². The summed E-state index contributed by atoms with van der Waals surface area (Å²) < 4.78 is 26.9. The lowest BCUT2D eigenvalue weighted by molar-refractivity contribution is 0.0569. The van der Waals surface area contributed by atoms with Crippen molar-refractivity contribution < 1.29 is 18.3 Å². The highest BCUT2D eigenvalue weighted by atomic mass is 19.1. The van der Waals surface area contributed by atoms with E-state index < -0.39 is 11.8 Å². The van der Waals surface area contributed by atoms with Gasteiger partial charge in [-0.2, -0.15) is 0 Å². The molecular formula is C29H22FNO3. The fourth-order valence-electron chi connectivity index (χ4n) is 4.34. The number of methoxy groups -OCH3 is 1. The molecule has 2 N–H and O–H groups in total. The van der Waals surface area contributed by atoms with Gasteiger partial charge in [-0.3, -0.25) is 0 Å². The number of furan rings is 1. The summed E-state index contributed by atoms with van der Waals surface area (Å²) in [5.41, 5.74) is 11.5. The minimum atomic E-state index is -0.759. The molecule has 0 radical (unpaired) electrons. The quantitative estimate of drug-likeness (QED) is 0.292. The summed E-state index contributed by atoms with van der Waals surface area (Å²) in [6.45, 7) is 1.98. The maximum absolute atomic E-state index is 16.4. The number of hydrogen-bond acceptors (Lipinski definition) is 4. The Morgan fingerprint density at radius 2 is 1.32 bits per heavy atom. The van der Waals surface area contributed by atoms with Crippen LogP contribution in [0.25, 0.3) is 44.3 Å². The van der Waals surface area contributed by atoms with Gasteiger partial charge < -0.3 is 14.9 Å². The van der Waals surface area contributed by atoms with Crippen LogP contribution >= 0.6 is 0 Å². The summed E-state index contributed by atoms with van der Waals surface area (Å²) in [5.74, 6) is -1.56. The number of aryl methyl sites for hydroxylation is 1. The van der Waals surface area contributed by atoms with Crippen LogP contribution in [-0.2, 0) is 4.74 Å². The Morgan fingerprint density at radius 1 is 0.794 bits per heavy atom. The minimum Gasteiger partial charge on any atom is -0.463 e. The lowest BCUT2D eigenvalue weighted by Crippen LogP contribution is -2.03. The molecule has 0 atom stereocenters. The highest BCUT2D eigenvalue weighted by Crippen LogP contribution is 2.49. The number of carbonyl (C=O) groups is 1. The monoisotopic (exact) mass is 451 g/mol. The average molecular weight is 451 g/mol. The Hall–Kier alpha value is -4.38. The molecule has 4 aromatic carbocycles. The number of benzene rings is 4. The second-order valence-electron chi connectivity index (χ2n) is 8.08. The van der Waals surface area contributed by atoms with Gasteiger partial charge in [0.25, 0.3) is 0 Å². The maximum atomic E-state index is 16.4. The van der Waals surface area contributed by atoms with Crippen LogP contribution in [0.3, 0.4) is 0 Å². The number of anilines is 1. The van der Waals surface area contributed by atoms with Gasteiger partial charge in [-0.25, -0.2) is 9.18 Å². The Bertz CT molecular complexity index is 1510. The highest BCUT2D eigenvalue weighted by molar-refractivity contribution is 6.16. The van der Waals surface area contributed by atoms with Gasteiger partial charge in [-0.15, -0.1) is 0 Å². The van der Waals surface area contributed by atoms with Crippen LogP contribution in [0.2, 0.25) is 0 Å². The van der Waals surface area contributed by atoms with Crippen molar-refractivity contribution in [2.45, 2.75) is 6.92 Å². The Morgan fingerprint density at radius 3 is 1.88 bits per heavy atom. The van der Waals surface area contributed by atoms with Crippen LogP contribution in [0.5, 0.6) is 0 Å². The van der Waals surface area contributed by atoms with Crippen molar-refractivity contribution in [2.24, 2.45) is 0 Å². The molecule has 168 valence electrons. The third-order valence-corrected chi connectivity index (χ3v) is 5.95. The smallest absolute Gasteiger partial charge is 0.376 e. The largest absolute Gasteiger partial charge is 0.463 e. The third-order valence-electron chi connectivity index (χ3n) is 5.95. The Balaban J connectivity index is 2.03. The van der Waals surface area contributed by atoms with Crippen molar-refractivity contribution in [1.82, 2.24) is 0 Å². The molecule has 5 aromatic rings. The first-order valence-corrected chi connectivity index (χ1v) is 10.8. The van der Waals surface area contributed by atoms with Crippen LogP contribution in [0.15, 0.2) is 89.3 Å². The molecule has 0 aliphatic carbocycles. The molecule has 0 aliphatic rings. The fraction of sp³-hybridized carbons (Fsp3) is 0.0690. The van der Waals surface area contributed by atoms with Gasteiger partial charge in [-0.1, -0.05) is 90.5 Å². The zero-order valence-electron chi connectivity index (χ0n) is 18.8. The number of nitrogen functional groups attached to an aromatic ring is 1. The number of esters is 1. The molecule has 1 aromatic heterocycles. The number of ether oxygens (including phenoxy) is 1. The number of fused-ring (bicyclic) bond motifs is 1. The van der Waals surface area contributed by atoms with Gasteiger partial charge in [0, 0.05) is 16.7 Å². The predicted octanol–water partition coefficient (Wildman–Crippen LogP) is 7.25. The van der Waals surface area contributed by atoms with E-state index in [0.29, 0.717) is 27.6 Å². The lowest BCUT2D eigenvalue weighted by atomic mass is 9.84. The first kappa shape index (κ1) is 21.5. The number of hydrogen-bond donors (Lipinski definition) is 1. The van der Waals surface area contributed by atoms with E-state index in [1.165, 1.54) is 7.11 Å². The van der Waals surface area contributed by atoms with Gasteiger partial charge in [0.1, 0.15) is 0 Å². The topological polar surface area (TPSA) is 65.5 Å². The molecule has 5 heteroatoms. The van der Waals surface area contributed by atoms with E-state index in [0.717, 1.165) is 16.7 Å². The van der Waals surface area contributed by atoms with Crippen molar-refractivity contribution in [1.29, 1.82) is 0 Å². The standard InChI is InChI=1S/C29H22FNO3/c1-17-13-15-20(16-14-17)23-21(18-9-5-3-6-10-18)22(19-11-7-4-8-12-19)24-26(31)28(29(32)33-2)34-27(24)25(23)30/h3-16H,31H2,1-2H3. The van der Waals surface area contributed by atoms with Crippen LogP contribution in [0, 0.1) is 12.7 Å². The molecule has 0 saturated carbocycles. The molecule has 0 amide bonds. The Kier molecular flexibility index (Phi) is 5.38. The summed E-state index contributed by atoms with van der Waals surface area (Å²) in [6, 6.07) is 26.8. The van der Waals surface area contributed by atoms with E-state index in [9.17, 15) is 4.79 Å². The van der Waals surface area contributed by atoms with Crippen LogP contribution in [-0.4, -0.2) is 13.1 Å². The van der Waals surface area contributed by atoms with Gasteiger partial charge in [0.15, 0.2) is 11.4 Å². The van der Waals surface area contributed by atoms with Gasteiger partial charge in [0.05, 0.1) is 18.2 Å².